The van der Waals surface area contributed by atoms with E-state index in [1.807, 2.05) is 0 Å². The fourth-order valence-corrected chi connectivity index (χ4v) is 1.58. The molecule has 0 spiro atoms. The van der Waals surface area contributed by atoms with Crippen molar-refractivity contribution in [2.45, 2.75) is 6.42 Å². The number of aldehydes is 1. The van der Waals surface area contributed by atoms with Crippen LogP contribution in [0.2, 0.25) is 0 Å². The minimum atomic E-state index is 0.370. The molecular formula is C10H10N4O. The van der Waals surface area contributed by atoms with Crippen molar-refractivity contribution < 1.29 is 4.79 Å². The van der Waals surface area contributed by atoms with Crippen LogP contribution in [0, 0.1) is 0 Å². The van der Waals surface area contributed by atoms with Crippen molar-refractivity contribution in [2.24, 2.45) is 0 Å². The van der Waals surface area contributed by atoms with Crippen molar-refractivity contribution in [1.82, 2.24) is 14.6 Å². The molecule has 0 aliphatic rings. The summed E-state index contributed by atoms with van der Waals surface area (Å²) in [6.45, 7) is 3.64. The number of nitrogens with zero attached hydrogens (tertiary/aromatic N) is 3. The van der Waals surface area contributed by atoms with Gasteiger partial charge in [-0.1, -0.05) is 6.08 Å². The van der Waals surface area contributed by atoms with Gasteiger partial charge in [0.25, 0.3) is 0 Å². The predicted octanol–water partition coefficient (Wildman–Crippen LogP) is 0.852. The molecule has 15 heavy (non-hydrogen) atoms. The molecule has 2 aromatic rings. The summed E-state index contributed by atoms with van der Waals surface area (Å²) in [5, 5.41) is 3.99. The lowest BCUT2D eigenvalue weighted by Gasteiger charge is -1.99. The van der Waals surface area contributed by atoms with Gasteiger partial charge in [0.15, 0.2) is 12.1 Å². The first-order chi connectivity index (χ1) is 7.27. The molecule has 0 amide bonds. The largest absolute Gasteiger partial charge is 0.382 e. The van der Waals surface area contributed by atoms with Gasteiger partial charge in [0.05, 0.1) is 0 Å². The van der Waals surface area contributed by atoms with Crippen molar-refractivity contribution in [3.05, 3.63) is 36.3 Å². The Morgan fingerprint density at radius 1 is 1.60 bits per heavy atom. The second kappa shape index (κ2) is 3.53. The Bertz CT molecular complexity index is 529. The smallest absolute Gasteiger partial charge is 0.151 e. The molecule has 0 unspecified atom stereocenters. The molecule has 0 bridgehead atoms. The lowest BCUT2D eigenvalue weighted by molar-refractivity contribution is 0.112. The van der Waals surface area contributed by atoms with E-state index in [0.29, 0.717) is 23.3 Å². The minimum absolute atomic E-state index is 0.370. The summed E-state index contributed by atoms with van der Waals surface area (Å²) in [5.41, 5.74) is 7.80. The van der Waals surface area contributed by atoms with Gasteiger partial charge in [0.1, 0.15) is 11.8 Å². The average molecular weight is 202 g/mol. The Hall–Kier alpha value is -2.17. The molecule has 5 heteroatoms. The second-order valence-corrected chi connectivity index (χ2v) is 3.11. The van der Waals surface area contributed by atoms with Crippen LogP contribution in [0.3, 0.4) is 0 Å². The summed E-state index contributed by atoms with van der Waals surface area (Å²) in [7, 11) is 0. The zero-order valence-electron chi connectivity index (χ0n) is 8.05. The van der Waals surface area contributed by atoms with E-state index in [-0.39, 0.29) is 0 Å². The van der Waals surface area contributed by atoms with Gasteiger partial charge in [0, 0.05) is 11.8 Å². The quantitative estimate of drug-likeness (QED) is 0.591. The Kier molecular flexibility index (Phi) is 2.21. The molecule has 76 valence electrons. The van der Waals surface area contributed by atoms with Crippen LogP contribution in [0.15, 0.2) is 25.2 Å². The van der Waals surface area contributed by atoms with Crippen LogP contribution in [0.1, 0.15) is 15.9 Å². The lowest BCUT2D eigenvalue weighted by atomic mass is 10.1. The van der Waals surface area contributed by atoms with Gasteiger partial charge in [-0.15, -0.1) is 6.58 Å². The van der Waals surface area contributed by atoms with Crippen LogP contribution >= 0.6 is 0 Å². The third kappa shape index (κ3) is 1.38. The highest BCUT2D eigenvalue weighted by molar-refractivity contribution is 5.85. The van der Waals surface area contributed by atoms with Crippen molar-refractivity contribution in [3.8, 4) is 0 Å². The maximum absolute atomic E-state index is 10.8. The molecule has 0 aromatic carbocycles. The van der Waals surface area contributed by atoms with E-state index in [1.54, 1.807) is 16.8 Å². The van der Waals surface area contributed by atoms with Gasteiger partial charge in [0.2, 0.25) is 0 Å². The molecule has 5 nitrogen and oxygen atoms in total. The highest BCUT2D eigenvalue weighted by Crippen LogP contribution is 2.20. The van der Waals surface area contributed by atoms with Crippen LogP contribution < -0.4 is 5.73 Å². The van der Waals surface area contributed by atoms with E-state index in [9.17, 15) is 4.79 Å². The first kappa shape index (κ1) is 9.39. The van der Waals surface area contributed by atoms with Gasteiger partial charge in [-0.05, 0) is 12.0 Å². The number of anilines is 1. The fourth-order valence-electron chi connectivity index (χ4n) is 1.58. The van der Waals surface area contributed by atoms with Crippen LogP contribution in [0.5, 0.6) is 0 Å². The van der Waals surface area contributed by atoms with E-state index in [2.05, 4.69) is 16.7 Å². The predicted molar refractivity (Wildman–Crippen MR) is 56.7 cm³/mol. The third-order valence-corrected chi connectivity index (χ3v) is 2.22. The number of hydrogen-bond donors (Lipinski definition) is 1. The third-order valence-electron chi connectivity index (χ3n) is 2.22. The number of hydrogen-bond acceptors (Lipinski definition) is 4. The van der Waals surface area contributed by atoms with E-state index in [0.717, 1.165) is 11.8 Å². The van der Waals surface area contributed by atoms with E-state index < -0.39 is 0 Å². The number of aromatic nitrogens is 3. The van der Waals surface area contributed by atoms with Crippen molar-refractivity contribution in [1.29, 1.82) is 0 Å². The molecule has 0 saturated heterocycles. The Labute approximate surface area is 86.2 Å². The minimum Gasteiger partial charge on any atom is -0.382 e. The summed E-state index contributed by atoms with van der Waals surface area (Å²) < 4.78 is 1.56. The maximum atomic E-state index is 10.8. The number of carbonyl (C=O) groups excluding carboxylic acids is 1. The summed E-state index contributed by atoms with van der Waals surface area (Å²) >= 11 is 0. The van der Waals surface area contributed by atoms with E-state index in [1.165, 1.54) is 6.33 Å². The zero-order chi connectivity index (χ0) is 10.8. The Morgan fingerprint density at radius 2 is 2.40 bits per heavy atom. The molecule has 0 fully saturated rings. The van der Waals surface area contributed by atoms with Crippen LogP contribution in [0.25, 0.3) is 5.52 Å². The van der Waals surface area contributed by atoms with Crippen LogP contribution in [0.4, 0.5) is 5.82 Å². The van der Waals surface area contributed by atoms with Gasteiger partial charge in [-0.2, -0.15) is 5.10 Å². The molecule has 2 heterocycles. The number of rotatable bonds is 3. The van der Waals surface area contributed by atoms with Crippen molar-refractivity contribution in [2.75, 3.05) is 5.73 Å². The highest BCUT2D eigenvalue weighted by atomic mass is 16.1. The number of carbonyl (C=O) groups is 1. The number of fused-ring (bicyclic) bond motifs is 1. The molecular weight excluding hydrogens is 192 g/mol. The number of nitrogen functional groups attached to an aromatic ring is 1. The Morgan fingerprint density at radius 3 is 3.07 bits per heavy atom. The Balaban J connectivity index is 2.81. The van der Waals surface area contributed by atoms with Gasteiger partial charge in [-0.3, -0.25) is 4.79 Å². The number of nitrogens with two attached hydrogens (primary N) is 1. The van der Waals surface area contributed by atoms with Crippen molar-refractivity contribution >= 4 is 17.6 Å². The first-order valence-corrected chi connectivity index (χ1v) is 4.44. The molecule has 2 rings (SSSR count). The summed E-state index contributed by atoms with van der Waals surface area (Å²) in [5.74, 6) is 0.370. The zero-order valence-corrected chi connectivity index (χ0v) is 8.05. The SMILES string of the molecule is C=CCc1c(C=O)cn2ncnc(N)c12. The van der Waals surface area contributed by atoms with Crippen molar-refractivity contribution in [3.63, 3.8) is 0 Å². The van der Waals surface area contributed by atoms with Gasteiger partial charge in [-0.25, -0.2) is 9.50 Å². The van der Waals surface area contributed by atoms with Gasteiger partial charge >= 0.3 is 0 Å². The molecule has 2 aromatic heterocycles. The van der Waals surface area contributed by atoms with Crippen LogP contribution in [-0.4, -0.2) is 20.9 Å². The molecule has 2 N–H and O–H groups in total. The first-order valence-electron chi connectivity index (χ1n) is 4.44. The van der Waals surface area contributed by atoms with Crippen LogP contribution in [-0.2, 0) is 6.42 Å². The van der Waals surface area contributed by atoms with Gasteiger partial charge < -0.3 is 5.73 Å². The standard InChI is InChI=1S/C10H10N4O/c1-2-3-8-7(5-15)4-14-9(8)10(11)12-6-13-14/h2,4-6H,1,3H2,(H2,11,12,13). The fraction of sp³-hybridized carbons (Fsp3) is 0.100. The summed E-state index contributed by atoms with van der Waals surface area (Å²) in [6, 6.07) is 0. The molecule has 0 atom stereocenters. The number of allylic oxidation sites excluding steroid dienone is 1. The topological polar surface area (TPSA) is 73.3 Å². The molecule has 0 radical (unpaired) electrons. The lowest BCUT2D eigenvalue weighted by Crippen LogP contribution is -1.99. The highest BCUT2D eigenvalue weighted by Gasteiger charge is 2.12. The second-order valence-electron chi connectivity index (χ2n) is 3.11. The van der Waals surface area contributed by atoms with E-state index in [4.69, 9.17) is 5.73 Å². The summed E-state index contributed by atoms with van der Waals surface area (Å²) in [4.78, 5) is 14.7. The monoisotopic (exact) mass is 202 g/mol. The average Bonchev–Trinajstić information content (AvgIpc) is 2.58. The summed E-state index contributed by atoms with van der Waals surface area (Å²) in [6.07, 6.45) is 6.07. The normalized spacial score (nSPS) is 10.4. The molecule has 0 aliphatic carbocycles. The molecule has 0 saturated carbocycles. The molecule has 0 aliphatic heterocycles. The van der Waals surface area contributed by atoms with E-state index >= 15 is 0 Å². The maximum Gasteiger partial charge on any atom is 0.151 e.